The second-order valence-corrected chi connectivity index (χ2v) is 4.03. The number of nitro benzene ring substituents is 1. The lowest BCUT2D eigenvalue weighted by atomic mass is 10.1. The monoisotopic (exact) mass is 237 g/mol. The molecule has 0 fully saturated rings. The van der Waals surface area contributed by atoms with E-state index in [9.17, 15) is 10.1 Å². The number of nitrogens with zero attached hydrogens (tertiary/aromatic N) is 1. The molecule has 1 unspecified atom stereocenters. The fourth-order valence-corrected chi connectivity index (χ4v) is 1.64. The molecule has 5 nitrogen and oxygen atoms in total. The van der Waals surface area contributed by atoms with Gasteiger partial charge in [-0.1, -0.05) is 25.8 Å². The van der Waals surface area contributed by atoms with Crippen molar-refractivity contribution in [2.45, 2.75) is 32.2 Å². The standard InChI is InChI=1S/C12H19N3O2/c1-2-3-5-11(9-13)14-10-6-4-7-12(8-10)15(16)17/h4,6-8,11,14H,2-3,5,9,13H2,1H3. The van der Waals surface area contributed by atoms with Crippen LogP contribution in [-0.4, -0.2) is 17.5 Å². The molecule has 1 aromatic rings. The first-order chi connectivity index (χ1) is 8.17. The number of nitrogens with two attached hydrogens (primary N) is 1. The fourth-order valence-electron chi connectivity index (χ4n) is 1.64. The van der Waals surface area contributed by atoms with E-state index in [1.807, 2.05) is 6.07 Å². The van der Waals surface area contributed by atoms with Crippen molar-refractivity contribution in [2.75, 3.05) is 11.9 Å². The van der Waals surface area contributed by atoms with E-state index in [4.69, 9.17) is 5.73 Å². The van der Waals surface area contributed by atoms with Crippen LogP contribution >= 0.6 is 0 Å². The van der Waals surface area contributed by atoms with Crippen LogP contribution in [0.4, 0.5) is 11.4 Å². The first-order valence-electron chi connectivity index (χ1n) is 5.88. The number of nitro groups is 1. The molecule has 0 saturated heterocycles. The van der Waals surface area contributed by atoms with Crippen molar-refractivity contribution in [3.8, 4) is 0 Å². The van der Waals surface area contributed by atoms with Gasteiger partial charge in [-0.15, -0.1) is 0 Å². The van der Waals surface area contributed by atoms with Crippen molar-refractivity contribution < 1.29 is 4.92 Å². The summed E-state index contributed by atoms with van der Waals surface area (Å²) in [5.74, 6) is 0. The summed E-state index contributed by atoms with van der Waals surface area (Å²) in [5.41, 5.74) is 6.52. The van der Waals surface area contributed by atoms with Crippen LogP contribution in [0.1, 0.15) is 26.2 Å². The number of non-ortho nitro benzene ring substituents is 1. The van der Waals surface area contributed by atoms with E-state index in [-0.39, 0.29) is 11.7 Å². The summed E-state index contributed by atoms with van der Waals surface area (Å²) in [7, 11) is 0. The van der Waals surface area contributed by atoms with Gasteiger partial charge in [0.25, 0.3) is 5.69 Å². The van der Waals surface area contributed by atoms with E-state index < -0.39 is 4.92 Å². The minimum absolute atomic E-state index is 0.0984. The highest BCUT2D eigenvalue weighted by molar-refractivity contribution is 5.51. The van der Waals surface area contributed by atoms with Gasteiger partial charge < -0.3 is 11.1 Å². The molecule has 0 saturated carbocycles. The molecule has 0 aliphatic heterocycles. The zero-order valence-electron chi connectivity index (χ0n) is 10.1. The lowest BCUT2D eigenvalue weighted by molar-refractivity contribution is -0.384. The number of benzene rings is 1. The van der Waals surface area contributed by atoms with Crippen LogP contribution < -0.4 is 11.1 Å². The lowest BCUT2D eigenvalue weighted by Crippen LogP contribution is -2.28. The molecule has 0 aliphatic carbocycles. The summed E-state index contributed by atoms with van der Waals surface area (Å²) in [6.45, 7) is 2.66. The second-order valence-electron chi connectivity index (χ2n) is 4.03. The number of rotatable bonds is 7. The summed E-state index contributed by atoms with van der Waals surface area (Å²) in [6.07, 6.45) is 3.20. The van der Waals surface area contributed by atoms with Crippen molar-refractivity contribution in [1.82, 2.24) is 0 Å². The highest BCUT2D eigenvalue weighted by Gasteiger charge is 2.09. The SMILES string of the molecule is CCCCC(CN)Nc1cccc([N+](=O)[O-])c1. The Hall–Kier alpha value is -1.62. The van der Waals surface area contributed by atoms with Gasteiger partial charge in [0.15, 0.2) is 0 Å². The Morgan fingerprint density at radius 1 is 1.53 bits per heavy atom. The number of anilines is 1. The summed E-state index contributed by atoms with van der Waals surface area (Å²) >= 11 is 0. The van der Waals surface area contributed by atoms with Crippen molar-refractivity contribution >= 4 is 11.4 Å². The third-order valence-electron chi connectivity index (χ3n) is 2.62. The van der Waals surface area contributed by atoms with E-state index >= 15 is 0 Å². The zero-order valence-corrected chi connectivity index (χ0v) is 10.1. The second kappa shape index (κ2) is 6.85. The maximum atomic E-state index is 10.6. The molecule has 3 N–H and O–H groups in total. The predicted molar refractivity (Wildman–Crippen MR) is 69.1 cm³/mol. The first kappa shape index (κ1) is 13.4. The van der Waals surface area contributed by atoms with Crippen LogP contribution in [-0.2, 0) is 0 Å². The number of hydrogen-bond donors (Lipinski definition) is 2. The molecular weight excluding hydrogens is 218 g/mol. The van der Waals surface area contributed by atoms with E-state index in [1.54, 1.807) is 6.07 Å². The fraction of sp³-hybridized carbons (Fsp3) is 0.500. The molecule has 0 radical (unpaired) electrons. The summed E-state index contributed by atoms with van der Waals surface area (Å²) in [4.78, 5) is 10.2. The molecule has 0 heterocycles. The minimum atomic E-state index is -0.394. The van der Waals surface area contributed by atoms with Crippen molar-refractivity contribution in [2.24, 2.45) is 5.73 Å². The van der Waals surface area contributed by atoms with Gasteiger partial charge in [-0.25, -0.2) is 0 Å². The third kappa shape index (κ3) is 4.40. The minimum Gasteiger partial charge on any atom is -0.381 e. The molecule has 1 aromatic carbocycles. The molecule has 0 aromatic heterocycles. The van der Waals surface area contributed by atoms with Crippen LogP contribution in [0.2, 0.25) is 0 Å². The van der Waals surface area contributed by atoms with Gasteiger partial charge in [-0.05, 0) is 12.5 Å². The predicted octanol–water partition coefficient (Wildman–Crippen LogP) is 2.52. The highest BCUT2D eigenvalue weighted by Crippen LogP contribution is 2.18. The maximum Gasteiger partial charge on any atom is 0.271 e. The van der Waals surface area contributed by atoms with Gasteiger partial charge in [0.2, 0.25) is 0 Å². The lowest BCUT2D eigenvalue weighted by Gasteiger charge is -2.17. The van der Waals surface area contributed by atoms with Gasteiger partial charge in [-0.2, -0.15) is 0 Å². The molecule has 0 aliphatic rings. The largest absolute Gasteiger partial charge is 0.381 e. The molecule has 0 amide bonds. The Morgan fingerprint density at radius 3 is 2.88 bits per heavy atom. The Morgan fingerprint density at radius 2 is 2.29 bits per heavy atom. The van der Waals surface area contributed by atoms with Crippen LogP contribution in [0, 0.1) is 10.1 Å². The first-order valence-corrected chi connectivity index (χ1v) is 5.88. The van der Waals surface area contributed by atoms with Crippen LogP contribution in [0.15, 0.2) is 24.3 Å². The smallest absolute Gasteiger partial charge is 0.271 e. The average Bonchev–Trinajstić information content (AvgIpc) is 2.34. The van der Waals surface area contributed by atoms with Crippen molar-refractivity contribution in [3.05, 3.63) is 34.4 Å². The molecule has 1 rings (SSSR count). The Kier molecular flexibility index (Phi) is 5.42. The maximum absolute atomic E-state index is 10.6. The molecule has 0 spiro atoms. The summed E-state index contributed by atoms with van der Waals surface area (Å²) in [5, 5.41) is 13.9. The van der Waals surface area contributed by atoms with E-state index in [0.29, 0.717) is 6.54 Å². The molecule has 0 bridgehead atoms. The number of unbranched alkanes of at least 4 members (excludes halogenated alkanes) is 1. The van der Waals surface area contributed by atoms with Crippen molar-refractivity contribution in [3.63, 3.8) is 0 Å². The third-order valence-corrected chi connectivity index (χ3v) is 2.62. The highest BCUT2D eigenvalue weighted by atomic mass is 16.6. The topological polar surface area (TPSA) is 81.2 Å². The van der Waals surface area contributed by atoms with E-state index in [2.05, 4.69) is 12.2 Å². The molecule has 5 heteroatoms. The number of nitrogens with one attached hydrogen (secondary N) is 1. The Bertz CT molecular complexity index is 369. The molecule has 17 heavy (non-hydrogen) atoms. The summed E-state index contributed by atoms with van der Waals surface area (Å²) < 4.78 is 0. The molecule has 94 valence electrons. The van der Waals surface area contributed by atoms with Crippen LogP contribution in [0.25, 0.3) is 0 Å². The van der Waals surface area contributed by atoms with Gasteiger partial charge >= 0.3 is 0 Å². The van der Waals surface area contributed by atoms with Gasteiger partial charge in [0.05, 0.1) is 4.92 Å². The average molecular weight is 237 g/mol. The summed E-state index contributed by atoms with van der Waals surface area (Å²) in [6, 6.07) is 6.69. The Balaban J connectivity index is 2.65. The van der Waals surface area contributed by atoms with E-state index in [1.165, 1.54) is 12.1 Å². The van der Waals surface area contributed by atoms with Gasteiger partial charge in [0.1, 0.15) is 0 Å². The molecular formula is C12H19N3O2. The van der Waals surface area contributed by atoms with Crippen LogP contribution in [0.3, 0.4) is 0 Å². The number of hydrogen-bond acceptors (Lipinski definition) is 4. The normalized spacial score (nSPS) is 12.1. The quantitative estimate of drug-likeness (QED) is 0.564. The van der Waals surface area contributed by atoms with Crippen molar-refractivity contribution in [1.29, 1.82) is 0 Å². The Labute approximate surface area is 101 Å². The van der Waals surface area contributed by atoms with Gasteiger partial charge in [0, 0.05) is 30.4 Å². The van der Waals surface area contributed by atoms with Gasteiger partial charge in [-0.3, -0.25) is 10.1 Å². The van der Waals surface area contributed by atoms with Crippen LogP contribution in [0.5, 0.6) is 0 Å². The zero-order chi connectivity index (χ0) is 12.7. The van der Waals surface area contributed by atoms with E-state index in [0.717, 1.165) is 24.9 Å². The molecule has 1 atom stereocenters.